The number of nitrogens with zero attached hydrogens (tertiary/aromatic N) is 6. The van der Waals surface area contributed by atoms with Crippen LogP contribution >= 0.6 is 0 Å². The Hall–Kier alpha value is -3.88. The molecule has 0 aromatic carbocycles. The minimum Gasteiger partial charge on any atom is -0.477 e. The molecule has 0 atom stereocenters. The van der Waals surface area contributed by atoms with Gasteiger partial charge in [-0.3, -0.25) is 0 Å². The van der Waals surface area contributed by atoms with E-state index in [1.54, 1.807) is 24.5 Å². The van der Waals surface area contributed by atoms with Crippen LogP contribution in [0.5, 0.6) is 0 Å². The van der Waals surface area contributed by atoms with Gasteiger partial charge in [0.25, 0.3) is 0 Å². The van der Waals surface area contributed by atoms with Crippen LogP contribution in [0.3, 0.4) is 0 Å². The number of imidazole rings is 1. The van der Waals surface area contributed by atoms with Gasteiger partial charge in [-0.25, -0.2) is 29.7 Å². The van der Waals surface area contributed by atoms with Crippen molar-refractivity contribution in [3.63, 3.8) is 0 Å². The highest BCUT2D eigenvalue weighted by atomic mass is 16.4. The minimum absolute atomic E-state index is 0.0300. The van der Waals surface area contributed by atoms with E-state index in [1.807, 2.05) is 13.0 Å². The summed E-state index contributed by atoms with van der Waals surface area (Å²) in [6.07, 6.45) is 4.80. The number of carboxylic acid groups (broad SMARTS) is 1. The Bertz CT molecular complexity index is 1200. The lowest BCUT2D eigenvalue weighted by Crippen LogP contribution is -2.03. The number of carboxylic acids is 1. The summed E-state index contributed by atoms with van der Waals surface area (Å²) in [6.45, 7) is 6.21. The molecule has 0 saturated carbocycles. The van der Waals surface area contributed by atoms with Gasteiger partial charge >= 0.3 is 5.97 Å². The molecule has 0 unspecified atom stereocenters. The molecule has 0 aliphatic carbocycles. The van der Waals surface area contributed by atoms with Gasteiger partial charge in [-0.05, 0) is 39.0 Å². The average Bonchev–Trinajstić information content (AvgIpc) is 3.03. The molecular formula is C20H19N7O2. The molecule has 0 aliphatic rings. The van der Waals surface area contributed by atoms with Crippen molar-refractivity contribution in [1.82, 2.24) is 29.5 Å². The quantitative estimate of drug-likeness (QED) is 0.531. The molecule has 0 amide bonds. The first-order valence-electron chi connectivity index (χ1n) is 9.07. The van der Waals surface area contributed by atoms with Crippen molar-refractivity contribution in [3.05, 3.63) is 54.4 Å². The topological polar surface area (TPSA) is 119 Å². The first kappa shape index (κ1) is 18.5. The predicted octanol–water partition coefficient (Wildman–Crippen LogP) is 3.61. The van der Waals surface area contributed by atoms with Crippen LogP contribution in [0.15, 0.2) is 42.9 Å². The maximum atomic E-state index is 10.9. The lowest BCUT2D eigenvalue weighted by Gasteiger charge is -2.11. The van der Waals surface area contributed by atoms with E-state index >= 15 is 0 Å². The lowest BCUT2D eigenvalue weighted by atomic mass is 10.2. The molecule has 4 aromatic heterocycles. The number of aryl methyl sites for hydroxylation is 1. The fourth-order valence-electron chi connectivity index (χ4n) is 3.19. The molecule has 0 bridgehead atoms. The zero-order chi connectivity index (χ0) is 20.5. The maximum absolute atomic E-state index is 10.9. The molecule has 9 heteroatoms. The molecule has 146 valence electrons. The molecule has 9 nitrogen and oxygen atoms in total. The van der Waals surface area contributed by atoms with Crippen molar-refractivity contribution in [3.8, 4) is 11.4 Å². The summed E-state index contributed by atoms with van der Waals surface area (Å²) in [7, 11) is 0. The number of aromatic nitrogens is 6. The van der Waals surface area contributed by atoms with Crippen LogP contribution in [-0.4, -0.2) is 40.6 Å². The molecule has 0 aliphatic heterocycles. The van der Waals surface area contributed by atoms with E-state index in [0.717, 1.165) is 16.9 Å². The number of rotatable bonds is 5. The molecule has 4 aromatic rings. The van der Waals surface area contributed by atoms with Crippen LogP contribution in [0.4, 0.5) is 11.6 Å². The van der Waals surface area contributed by atoms with Crippen molar-refractivity contribution in [2.45, 2.75) is 26.8 Å². The third-order valence-corrected chi connectivity index (χ3v) is 4.42. The normalized spacial score (nSPS) is 11.2. The Labute approximate surface area is 166 Å². The second kappa shape index (κ2) is 7.27. The van der Waals surface area contributed by atoms with Crippen LogP contribution in [0.1, 0.15) is 36.2 Å². The number of hydrogen-bond acceptors (Lipinski definition) is 7. The van der Waals surface area contributed by atoms with Crippen molar-refractivity contribution >= 4 is 28.6 Å². The van der Waals surface area contributed by atoms with Gasteiger partial charge in [0.1, 0.15) is 28.7 Å². The molecule has 4 rings (SSSR count). The Morgan fingerprint density at radius 2 is 1.90 bits per heavy atom. The zero-order valence-electron chi connectivity index (χ0n) is 16.2. The van der Waals surface area contributed by atoms with E-state index in [2.05, 4.69) is 48.7 Å². The summed E-state index contributed by atoms with van der Waals surface area (Å²) in [6, 6.07) is 7.01. The highest BCUT2D eigenvalue weighted by molar-refractivity contribution is 5.85. The van der Waals surface area contributed by atoms with Gasteiger partial charge in [0, 0.05) is 30.1 Å². The van der Waals surface area contributed by atoms with Crippen LogP contribution < -0.4 is 5.32 Å². The monoisotopic (exact) mass is 389 g/mol. The Morgan fingerprint density at radius 3 is 2.59 bits per heavy atom. The molecule has 0 spiro atoms. The second-order valence-corrected chi connectivity index (χ2v) is 6.81. The summed E-state index contributed by atoms with van der Waals surface area (Å²) < 4.78 is 2.16. The smallest absolute Gasteiger partial charge is 0.354 e. The van der Waals surface area contributed by atoms with Crippen molar-refractivity contribution < 1.29 is 9.90 Å². The van der Waals surface area contributed by atoms with Crippen LogP contribution in [-0.2, 0) is 0 Å². The van der Waals surface area contributed by atoms with E-state index in [9.17, 15) is 4.79 Å². The number of carbonyl (C=O) groups is 1. The van der Waals surface area contributed by atoms with Crippen molar-refractivity contribution in [2.75, 3.05) is 5.32 Å². The molecule has 2 N–H and O–H groups in total. The SMILES string of the molecule is Cc1nc2cnc(Nc3ccnc(-c4ccc(C(=O)O)nc4)n3)cc2n1C(C)C. The maximum Gasteiger partial charge on any atom is 0.354 e. The van der Waals surface area contributed by atoms with Gasteiger partial charge in [-0.2, -0.15) is 0 Å². The molecule has 0 fully saturated rings. The second-order valence-electron chi connectivity index (χ2n) is 6.81. The summed E-state index contributed by atoms with van der Waals surface area (Å²) in [5, 5.41) is 12.2. The molecule has 0 saturated heterocycles. The third-order valence-electron chi connectivity index (χ3n) is 4.42. The lowest BCUT2D eigenvalue weighted by molar-refractivity contribution is 0.0690. The fourth-order valence-corrected chi connectivity index (χ4v) is 3.19. The minimum atomic E-state index is -1.08. The highest BCUT2D eigenvalue weighted by Gasteiger charge is 2.12. The first-order valence-corrected chi connectivity index (χ1v) is 9.07. The number of aromatic carboxylic acids is 1. The standard InChI is InChI=1S/C20H19N7O2/c1-11(2)27-12(3)24-15-10-23-18(8-16(15)27)25-17-6-7-21-19(26-17)13-4-5-14(20(28)29)22-9-13/h4-11H,1-3H3,(H,28,29)(H,21,23,25,26). The fraction of sp³-hybridized carbons (Fsp3) is 0.200. The summed E-state index contributed by atoms with van der Waals surface area (Å²) in [5.41, 5.74) is 2.43. The van der Waals surface area contributed by atoms with E-state index < -0.39 is 5.97 Å². The predicted molar refractivity (Wildman–Crippen MR) is 108 cm³/mol. The Morgan fingerprint density at radius 1 is 1.07 bits per heavy atom. The van der Waals surface area contributed by atoms with E-state index in [1.165, 1.54) is 12.3 Å². The Balaban J connectivity index is 1.64. The van der Waals surface area contributed by atoms with Gasteiger partial charge < -0.3 is 15.0 Å². The van der Waals surface area contributed by atoms with Gasteiger partial charge in [0.15, 0.2) is 5.82 Å². The number of nitrogens with one attached hydrogen (secondary N) is 1. The van der Waals surface area contributed by atoms with Crippen LogP contribution in [0.25, 0.3) is 22.4 Å². The summed E-state index contributed by atoms with van der Waals surface area (Å²) in [4.78, 5) is 32.6. The van der Waals surface area contributed by atoms with Crippen molar-refractivity contribution in [2.24, 2.45) is 0 Å². The number of hydrogen-bond donors (Lipinski definition) is 2. The number of pyridine rings is 2. The van der Waals surface area contributed by atoms with Crippen LogP contribution in [0, 0.1) is 6.92 Å². The molecule has 4 heterocycles. The number of fused-ring (bicyclic) bond motifs is 1. The van der Waals surface area contributed by atoms with E-state index in [0.29, 0.717) is 23.0 Å². The van der Waals surface area contributed by atoms with E-state index in [4.69, 9.17) is 5.11 Å². The summed E-state index contributed by atoms with van der Waals surface area (Å²) in [5.74, 6) is 1.50. The average molecular weight is 389 g/mol. The first-order chi connectivity index (χ1) is 13.9. The Kier molecular flexibility index (Phi) is 4.63. The highest BCUT2D eigenvalue weighted by Crippen LogP contribution is 2.24. The van der Waals surface area contributed by atoms with Gasteiger partial charge in [0.05, 0.1) is 11.7 Å². The molecule has 0 radical (unpaired) electrons. The molecular weight excluding hydrogens is 370 g/mol. The molecule has 29 heavy (non-hydrogen) atoms. The van der Waals surface area contributed by atoms with Crippen LogP contribution in [0.2, 0.25) is 0 Å². The zero-order valence-corrected chi connectivity index (χ0v) is 16.2. The van der Waals surface area contributed by atoms with Crippen molar-refractivity contribution in [1.29, 1.82) is 0 Å². The van der Waals surface area contributed by atoms with Gasteiger partial charge in [-0.15, -0.1) is 0 Å². The van der Waals surface area contributed by atoms with E-state index in [-0.39, 0.29) is 11.7 Å². The number of anilines is 2. The largest absolute Gasteiger partial charge is 0.477 e. The summed E-state index contributed by atoms with van der Waals surface area (Å²) >= 11 is 0. The third kappa shape index (κ3) is 3.62. The van der Waals surface area contributed by atoms with Gasteiger partial charge in [0.2, 0.25) is 0 Å². The van der Waals surface area contributed by atoms with Gasteiger partial charge in [-0.1, -0.05) is 0 Å².